The standard InChI is InChI=1S/C9H9NO4S/c1-3(11)5-7(12)10-6(9(13)14)4(2)15-8(5)10/h5,8H,1-2H3,(H,13,14)/t5?,8-/m1/s1. The van der Waals surface area contributed by atoms with Crippen molar-refractivity contribution in [3.05, 3.63) is 10.6 Å². The second-order valence-electron chi connectivity index (χ2n) is 3.51. The van der Waals surface area contributed by atoms with Crippen molar-refractivity contribution < 1.29 is 19.5 Å². The molecule has 2 rings (SSSR count). The first-order valence-corrected chi connectivity index (χ1v) is 5.27. The molecule has 80 valence electrons. The zero-order valence-electron chi connectivity index (χ0n) is 8.18. The quantitative estimate of drug-likeness (QED) is 0.546. The molecule has 0 bridgehead atoms. The lowest BCUT2D eigenvalue weighted by molar-refractivity contribution is -0.155. The summed E-state index contributed by atoms with van der Waals surface area (Å²) in [6.45, 7) is 3.01. The molecule has 0 radical (unpaired) electrons. The van der Waals surface area contributed by atoms with Gasteiger partial charge in [-0.3, -0.25) is 14.5 Å². The lowest BCUT2D eigenvalue weighted by atomic mass is 9.93. The number of carboxylic acid groups (broad SMARTS) is 1. The lowest BCUT2D eigenvalue weighted by Crippen LogP contribution is -2.59. The maximum atomic E-state index is 11.5. The van der Waals surface area contributed by atoms with Crippen LogP contribution < -0.4 is 0 Å². The Morgan fingerprint density at radius 2 is 2.07 bits per heavy atom. The van der Waals surface area contributed by atoms with Crippen molar-refractivity contribution in [2.45, 2.75) is 19.2 Å². The number of Topliss-reactive ketones (excluding diaryl/α,β-unsaturated/α-hetero) is 1. The summed E-state index contributed by atoms with van der Waals surface area (Å²) in [5.74, 6) is -2.37. The Morgan fingerprint density at radius 3 is 2.53 bits per heavy atom. The summed E-state index contributed by atoms with van der Waals surface area (Å²) in [6, 6.07) is 0. The van der Waals surface area contributed by atoms with Crippen LogP contribution in [0.3, 0.4) is 0 Å². The fraction of sp³-hybridized carbons (Fsp3) is 0.444. The number of aliphatic carboxylic acids is 1. The molecular formula is C9H9NO4S. The number of fused-ring (bicyclic) bond motifs is 1. The number of amides is 1. The number of hydrogen-bond donors (Lipinski definition) is 1. The molecule has 0 aromatic carbocycles. The number of nitrogens with zero attached hydrogens (tertiary/aromatic N) is 1. The van der Waals surface area contributed by atoms with Crippen LogP contribution in [0.15, 0.2) is 10.6 Å². The summed E-state index contributed by atoms with van der Waals surface area (Å²) in [4.78, 5) is 35.3. The third-order valence-corrected chi connectivity index (χ3v) is 3.83. The summed E-state index contributed by atoms with van der Waals surface area (Å²) in [5.41, 5.74) is 0.0208. The van der Waals surface area contributed by atoms with Gasteiger partial charge in [-0.1, -0.05) is 0 Å². The number of carbonyl (C=O) groups excluding carboxylic acids is 2. The molecule has 1 saturated heterocycles. The van der Waals surface area contributed by atoms with Gasteiger partial charge in [0.25, 0.3) is 0 Å². The van der Waals surface area contributed by atoms with E-state index in [2.05, 4.69) is 0 Å². The summed E-state index contributed by atoms with van der Waals surface area (Å²) in [6.07, 6.45) is 0. The molecule has 15 heavy (non-hydrogen) atoms. The predicted octanol–water partition coefficient (Wildman–Crippen LogP) is 0.423. The van der Waals surface area contributed by atoms with Gasteiger partial charge in [0.15, 0.2) is 0 Å². The van der Waals surface area contributed by atoms with Crippen LogP contribution in [0, 0.1) is 5.92 Å². The average molecular weight is 227 g/mol. The molecule has 5 nitrogen and oxygen atoms in total. The zero-order valence-corrected chi connectivity index (χ0v) is 9.00. The van der Waals surface area contributed by atoms with E-state index in [-0.39, 0.29) is 16.9 Å². The molecule has 1 fully saturated rings. The van der Waals surface area contributed by atoms with Crippen LogP contribution in [-0.2, 0) is 14.4 Å². The highest BCUT2D eigenvalue weighted by Gasteiger charge is 2.57. The Hall–Kier alpha value is -1.30. The average Bonchev–Trinajstić information content (AvgIpc) is 2.38. The molecule has 0 spiro atoms. The molecule has 0 aliphatic carbocycles. The Bertz CT molecular complexity index is 414. The monoisotopic (exact) mass is 227 g/mol. The Balaban J connectivity index is 2.30. The van der Waals surface area contributed by atoms with Crippen molar-refractivity contribution in [2.75, 3.05) is 0 Å². The molecule has 1 N–H and O–H groups in total. The van der Waals surface area contributed by atoms with Crippen molar-refractivity contribution in [3.63, 3.8) is 0 Å². The van der Waals surface area contributed by atoms with E-state index in [0.717, 1.165) is 0 Å². The normalized spacial score (nSPS) is 28.9. The number of rotatable bonds is 2. The number of hydrogen-bond acceptors (Lipinski definition) is 4. The third kappa shape index (κ3) is 1.21. The zero-order chi connectivity index (χ0) is 11.3. The molecule has 0 aromatic heterocycles. The third-order valence-electron chi connectivity index (χ3n) is 2.56. The smallest absolute Gasteiger partial charge is 0.353 e. The molecule has 0 aromatic rings. The van der Waals surface area contributed by atoms with Gasteiger partial charge in [0, 0.05) is 4.91 Å². The first-order chi connectivity index (χ1) is 6.95. The van der Waals surface area contributed by atoms with E-state index in [1.54, 1.807) is 6.92 Å². The van der Waals surface area contributed by atoms with E-state index >= 15 is 0 Å². The van der Waals surface area contributed by atoms with Gasteiger partial charge in [-0.25, -0.2) is 4.79 Å². The highest BCUT2D eigenvalue weighted by molar-refractivity contribution is 8.04. The molecule has 2 atom stereocenters. The first-order valence-electron chi connectivity index (χ1n) is 4.39. The Kier molecular flexibility index (Phi) is 2.11. The number of carbonyl (C=O) groups is 3. The summed E-state index contributed by atoms with van der Waals surface area (Å²) < 4.78 is 0. The molecule has 1 amide bonds. The predicted molar refractivity (Wildman–Crippen MR) is 52.7 cm³/mol. The molecule has 1 unspecified atom stereocenters. The van der Waals surface area contributed by atoms with Crippen LogP contribution in [0.5, 0.6) is 0 Å². The van der Waals surface area contributed by atoms with Gasteiger partial charge in [-0.15, -0.1) is 11.8 Å². The van der Waals surface area contributed by atoms with Crippen LogP contribution in [-0.4, -0.2) is 33.0 Å². The van der Waals surface area contributed by atoms with Gasteiger partial charge in [-0.05, 0) is 13.8 Å². The van der Waals surface area contributed by atoms with Gasteiger partial charge < -0.3 is 5.11 Å². The van der Waals surface area contributed by atoms with Gasteiger partial charge in [0.1, 0.15) is 22.8 Å². The minimum absolute atomic E-state index is 0.0208. The van der Waals surface area contributed by atoms with Gasteiger partial charge in [-0.2, -0.15) is 0 Å². The second kappa shape index (κ2) is 3.10. The summed E-state index contributed by atoms with van der Waals surface area (Å²) in [7, 11) is 0. The maximum Gasteiger partial charge on any atom is 0.353 e. The van der Waals surface area contributed by atoms with Crippen LogP contribution in [0.4, 0.5) is 0 Å². The molecular weight excluding hydrogens is 218 g/mol. The van der Waals surface area contributed by atoms with Crippen molar-refractivity contribution in [1.82, 2.24) is 4.90 Å². The molecule has 0 saturated carbocycles. The number of β-lactam (4-membered cyclic amide) rings is 1. The van der Waals surface area contributed by atoms with E-state index in [4.69, 9.17) is 5.11 Å². The fourth-order valence-corrected chi connectivity index (χ4v) is 3.28. The van der Waals surface area contributed by atoms with Crippen LogP contribution >= 0.6 is 11.8 Å². The molecule has 2 aliphatic heterocycles. The number of ketones is 1. The van der Waals surface area contributed by atoms with E-state index in [9.17, 15) is 14.4 Å². The maximum absolute atomic E-state index is 11.5. The minimum atomic E-state index is -1.11. The number of allylic oxidation sites excluding steroid dienone is 1. The van der Waals surface area contributed by atoms with Crippen molar-refractivity contribution >= 4 is 29.4 Å². The molecule has 6 heteroatoms. The van der Waals surface area contributed by atoms with Crippen LogP contribution in [0.25, 0.3) is 0 Å². The van der Waals surface area contributed by atoms with E-state index < -0.39 is 17.8 Å². The van der Waals surface area contributed by atoms with Gasteiger partial charge in [0.2, 0.25) is 5.91 Å². The highest BCUT2D eigenvalue weighted by atomic mass is 32.2. The van der Waals surface area contributed by atoms with Crippen LogP contribution in [0.2, 0.25) is 0 Å². The second-order valence-corrected chi connectivity index (χ2v) is 4.85. The van der Waals surface area contributed by atoms with Gasteiger partial charge in [0.05, 0.1) is 0 Å². The van der Waals surface area contributed by atoms with Gasteiger partial charge >= 0.3 is 5.97 Å². The summed E-state index contributed by atoms with van der Waals surface area (Å²) >= 11 is 1.27. The Morgan fingerprint density at radius 1 is 1.47 bits per heavy atom. The fourth-order valence-electron chi connectivity index (χ4n) is 1.86. The van der Waals surface area contributed by atoms with Crippen LogP contribution in [0.1, 0.15) is 13.8 Å². The van der Waals surface area contributed by atoms with Crippen molar-refractivity contribution in [3.8, 4) is 0 Å². The van der Waals surface area contributed by atoms with E-state index in [1.165, 1.54) is 23.6 Å². The minimum Gasteiger partial charge on any atom is -0.477 e. The highest BCUT2D eigenvalue weighted by Crippen LogP contribution is 2.49. The Labute approximate surface area is 90.1 Å². The van der Waals surface area contributed by atoms with E-state index in [1.807, 2.05) is 0 Å². The number of carboxylic acids is 1. The SMILES string of the molecule is CC(=O)C1C(=O)N2C(C(=O)O)=C(C)S[C@H]12. The van der Waals surface area contributed by atoms with Crippen molar-refractivity contribution in [1.29, 1.82) is 0 Å². The first kappa shape index (κ1) is 10.2. The summed E-state index contributed by atoms with van der Waals surface area (Å²) in [5, 5.41) is 8.57. The van der Waals surface area contributed by atoms with E-state index in [0.29, 0.717) is 4.91 Å². The molecule has 2 aliphatic rings. The van der Waals surface area contributed by atoms with Crippen molar-refractivity contribution in [2.24, 2.45) is 5.92 Å². The molecule has 2 heterocycles. The lowest BCUT2D eigenvalue weighted by Gasteiger charge is -2.40. The topological polar surface area (TPSA) is 74.7 Å². The number of thioether (sulfide) groups is 1. The largest absolute Gasteiger partial charge is 0.477 e.